The van der Waals surface area contributed by atoms with Gasteiger partial charge in [0.05, 0.1) is 6.61 Å². The average molecular weight is 512 g/mol. The van der Waals surface area contributed by atoms with Gasteiger partial charge in [-0.25, -0.2) is 4.79 Å². The summed E-state index contributed by atoms with van der Waals surface area (Å²) in [7, 11) is 0. The molecule has 0 aromatic heterocycles. The number of nitrogens with one attached hydrogen (secondary N) is 2. The van der Waals surface area contributed by atoms with Crippen LogP contribution in [-0.4, -0.2) is 57.3 Å². The van der Waals surface area contributed by atoms with Crippen LogP contribution in [0.15, 0.2) is 48.5 Å². The third kappa shape index (κ3) is 7.45. The Morgan fingerprint density at radius 3 is 2.32 bits per heavy atom. The second-order valence-electron chi connectivity index (χ2n) is 10.4. The van der Waals surface area contributed by atoms with Gasteiger partial charge in [0.15, 0.2) is 0 Å². The van der Waals surface area contributed by atoms with E-state index in [1.54, 1.807) is 39.8 Å². The number of aromatic hydroxyl groups is 1. The summed E-state index contributed by atoms with van der Waals surface area (Å²) in [5.74, 6) is -0.902. The van der Waals surface area contributed by atoms with E-state index in [-0.39, 0.29) is 18.3 Å². The molecule has 1 aliphatic carbocycles. The zero-order valence-electron chi connectivity index (χ0n) is 21.9. The Hall–Kier alpha value is -3.59. The molecular formula is C28H37N3O6. The van der Waals surface area contributed by atoms with Crippen molar-refractivity contribution in [1.82, 2.24) is 15.5 Å². The first-order valence-electron chi connectivity index (χ1n) is 12.5. The number of phenolic OH excluding ortho intramolecular Hbond substituents is 1. The minimum atomic E-state index is -1.29. The summed E-state index contributed by atoms with van der Waals surface area (Å²) in [6, 6.07) is 11.6. The monoisotopic (exact) mass is 511 g/mol. The Kier molecular flexibility index (Phi) is 9.15. The number of nitrogens with zero attached hydrogens (tertiary/aromatic N) is 1. The van der Waals surface area contributed by atoms with Crippen LogP contribution in [0.4, 0.5) is 4.79 Å². The number of amides is 3. The topological polar surface area (TPSA) is 128 Å². The van der Waals surface area contributed by atoms with Crippen LogP contribution >= 0.6 is 0 Å². The van der Waals surface area contributed by atoms with Crippen molar-refractivity contribution >= 4 is 17.9 Å². The molecule has 3 amide bonds. The van der Waals surface area contributed by atoms with E-state index < -0.39 is 42.2 Å². The van der Waals surface area contributed by atoms with E-state index in [0.717, 1.165) is 12.0 Å². The molecule has 0 bridgehead atoms. The number of hydrogen-bond donors (Lipinski definition) is 4. The van der Waals surface area contributed by atoms with Crippen LogP contribution in [0.1, 0.15) is 62.8 Å². The zero-order chi connectivity index (χ0) is 27.2. The largest absolute Gasteiger partial charge is 0.508 e. The standard InChI is InChI=1S/C28H37N3O6/c1-18-15-20(13-14-23(18)33)24(25(34)29-16-19-9-6-5-7-10-19)31(21-11-8-12-21)26(35)22(17-32)30-27(36)37-28(2,3)4/h5-7,9-10,13-15,21-22,24,32-33H,8,11-12,16-17H2,1-4H3,(H,29,34)(H,30,36). The molecule has 1 aliphatic rings. The fraction of sp³-hybridized carbons (Fsp3) is 0.464. The number of alkyl carbamates (subject to hydrolysis) is 1. The van der Waals surface area contributed by atoms with Gasteiger partial charge in [0.1, 0.15) is 23.4 Å². The first-order valence-corrected chi connectivity index (χ1v) is 12.5. The minimum absolute atomic E-state index is 0.0774. The van der Waals surface area contributed by atoms with Gasteiger partial charge >= 0.3 is 6.09 Å². The summed E-state index contributed by atoms with van der Waals surface area (Å²) >= 11 is 0. The van der Waals surface area contributed by atoms with Gasteiger partial charge in [-0.2, -0.15) is 0 Å². The number of aliphatic hydroxyl groups is 1. The molecular weight excluding hydrogens is 474 g/mol. The van der Waals surface area contributed by atoms with Crippen LogP contribution in [0.2, 0.25) is 0 Å². The molecule has 2 aromatic rings. The molecule has 2 aromatic carbocycles. The fourth-order valence-corrected chi connectivity index (χ4v) is 4.17. The lowest BCUT2D eigenvalue weighted by Crippen LogP contribution is -2.58. The van der Waals surface area contributed by atoms with Crippen molar-refractivity contribution in [3.05, 3.63) is 65.2 Å². The fourth-order valence-electron chi connectivity index (χ4n) is 4.17. The van der Waals surface area contributed by atoms with Gasteiger partial charge in [0.2, 0.25) is 11.8 Å². The number of rotatable bonds is 9. The molecule has 0 aliphatic heterocycles. The average Bonchev–Trinajstić information content (AvgIpc) is 2.81. The van der Waals surface area contributed by atoms with E-state index in [1.807, 2.05) is 30.3 Å². The van der Waals surface area contributed by atoms with Gasteiger partial charge in [-0.15, -0.1) is 0 Å². The van der Waals surface area contributed by atoms with Crippen molar-refractivity contribution in [1.29, 1.82) is 0 Å². The molecule has 2 unspecified atom stereocenters. The Morgan fingerprint density at radius 1 is 1.11 bits per heavy atom. The second-order valence-corrected chi connectivity index (χ2v) is 10.4. The van der Waals surface area contributed by atoms with Crippen molar-refractivity contribution in [3.63, 3.8) is 0 Å². The molecule has 2 atom stereocenters. The van der Waals surface area contributed by atoms with Gasteiger partial charge in [0, 0.05) is 12.6 Å². The lowest BCUT2D eigenvalue weighted by atomic mass is 9.88. The third-order valence-corrected chi connectivity index (χ3v) is 6.27. The summed E-state index contributed by atoms with van der Waals surface area (Å²) in [6.07, 6.45) is 1.44. The Balaban J connectivity index is 1.94. The highest BCUT2D eigenvalue weighted by atomic mass is 16.6. The highest BCUT2D eigenvalue weighted by Crippen LogP contribution is 2.35. The van der Waals surface area contributed by atoms with Crippen LogP contribution < -0.4 is 10.6 Å². The van der Waals surface area contributed by atoms with Gasteiger partial charge in [-0.1, -0.05) is 36.4 Å². The first kappa shape index (κ1) is 28.0. The molecule has 0 spiro atoms. The van der Waals surface area contributed by atoms with E-state index in [0.29, 0.717) is 24.0 Å². The van der Waals surface area contributed by atoms with Gasteiger partial charge in [0.25, 0.3) is 0 Å². The maximum atomic E-state index is 13.8. The first-order chi connectivity index (χ1) is 17.5. The van der Waals surface area contributed by atoms with E-state index >= 15 is 0 Å². The predicted octanol–water partition coefficient (Wildman–Crippen LogP) is 3.32. The van der Waals surface area contributed by atoms with Crippen LogP contribution in [0.5, 0.6) is 5.75 Å². The molecule has 0 heterocycles. The molecule has 200 valence electrons. The number of phenols is 1. The van der Waals surface area contributed by atoms with E-state index in [9.17, 15) is 24.6 Å². The Bertz CT molecular complexity index is 1090. The molecule has 1 fully saturated rings. The lowest BCUT2D eigenvalue weighted by Gasteiger charge is -2.43. The predicted molar refractivity (Wildman–Crippen MR) is 139 cm³/mol. The van der Waals surface area contributed by atoms with Crippen molar-refractivity contribution in [2.75, 3.05) is 6.61 Å². The molecule has 4 N–H and O–H groups in total. The summed E-state index contributed by atoms with van der Waals surface area (Å²) < 4.78 is 5.27. The molecule has 0 saturated heterocycles. The van der Waals surface area contributed by atoms with E-state index in [4.69, 9.17) is 4.74 Å². The SMILES string of the molecule is Cc1cc(C(C(=O)NCc2ccccc2)N(C(=O)C(CO)NC(=O)OC(C)(C)C)C2CCC2)ccc1O. The Labute approximate surface area is 217 Å². The molecule has 3 rings (SSSR count). The van der Waals surface area contributed by atoms with Crippen LogP contribution in [0.25, 0.3) is 0 Å². The van der Waals surface area contributed by atoms with Crippen molar-refractivity contribution in [2.45, 2.75) is 77.2 Å². The number of ether oxygens (including phenoxy) is 1. The molecule has 9 nitrogen and oxygen atoms in total. The summed E-state index contributed by atoms with van der Waals surface area (Å²) in [5.41, 5.74) is 1.20. The molecule has 9 heteroatoms. The maximum absolute atomic E-state index is 13.8. The van der Waals surface area contributed by atoms with E-state index in [2.05, 4.69) is 10.6 Å². The number of carbonyl (C=O) groups excluding carboxylic acids is 3. The number of aliphatic hydroxyl groups excluding tert-OH is 1. The highest BCUT2D eigenvalue weighted by Gasteiger charge is 2.42. The lowest BCUT2D eigenvalue weighted by molar-refractivity contribution is -0.148. The number of benzene rings is 2. The highest BCUT2D eigenvalue weighted by molar-refractivity contribution is 5.92. The zero-order valence-corrected chi connectivity index (χ0v) is 21.9. The van der Waals surface area contributed by atoms with Gasteiger partial charge in [-0.3, -0.25) is 9.59 Å². The third-order valence-electron chi connectivity index (χ3n) is 6.27. The quantitative estimate of drug-likeness (QED) is 0.409. The minimum Gasteiger partial charge on any atom is -0.508 e. The van der Waals surface area contributed by atoms with Crippen LogP contribution in [0.3, 0.4) is 0 Å². The molecule has 0 radical (unpaired) electrons. The van der Waals surface area contributed by atoms with Crippen molar-refractivity contribution in [3.8, 4) is 5.75 Å². The Morgan fingerprint density at radius 2 is 1.78 bits per heavy atom. The van der Waals surface area contributed by atoms with Crippen molar-refractivity contribution in [2.24, 2.45) is 0 Å². The smallest absolute Gasteiger partial charge is 0.408 e. The maximum Gasteiger partial charge on any atom is 0.408 e. The van der Waals surface area contributed by atoms with E-state index in [1.165, 1.54) is 11.0 Å². The van der Waals surface area contributed by atoms with Crippen LogP contribution in [-0.2, 0) is 20.9 Å². The summed E-state index contributed by atoms with van der Waals surface area (Å²) in [4.78, 5) is 41.4. The number of hydrogen-bond acceptors (Lipinski definition) is 6. The normalized spacial score (nSPS) is 15.2. The second kappa shape index (κ2) is 12.1. The van der Waals surface area contributed by atoms with Crippen LogP contribution in [0, 0.1) is 6.92 Å². The van der Waals surface area contributed by atoms with Crippen molar-refractivity contribution < 1.29 is 29.3 Å². The number of carbonyl (C=O) groups is 3. The van der Waals surface area contributed by atoms with Gasteiger partial charge in [-0.05, 0) is 75.8 Å². The number of aryl methyl sites for hydroxylation is 1. The molecule has 37 heavy (non-hydrogen) atoms. The van der Waals surface area contributed by atoms with Gasteiger partial charge < -0.3 is 30.5 Å². The summed E-state index contributed by atoms with van der Waals surface area (Å²) in [5, 5.41) is 25.5. The summed E-state index contributed by atoms with van der Waals surface area (Å²) in [6.45, 7) is 6.41. The molecule has 1 saturated carbocycles.